The lowest BCUT2D eigenvalue weighted by molar-refractivity contribution is -0.128. The smallest absolute Gasteiger partial charge is 0.233 e. The van der Waals surface area contributed by atoms with E-state index in [9.17, 15) is 4.79 Å². The number of hydrogen-bond donors (Lipinski definition) is 2. The second kappa shape index (κ2) is 7.22. The number of nitrogens with one attached hydrogen (secondary N) is 1. The SMILES string of the molecule is CCCC(CCC)(C(=O)NC(C)CC1CC1)C(N)=S. The Hall–Kier alpha value is -0.640. The van der Waals surface area contributed by atoms with Crippen LogP contribution in [-0.2, 0) is 4.79 Å². The second-order valence-electron chi connectivity index (χ2n) is 6.00. The van der Waals surface area contributed by atoms with Crippen LogP contribution in [0.5, 0.6) is 0 Å². The van der Waals surface area contributed by atoms with Gasteiger partial charge in [0.1, 0.15) is 0 Å². The highest BCUT2D eigenvalue weighted by atomic mass is 32.1. The number of thiocarbonyl (C=S) groups is 1. The van der Waals surface area contributed by atoms with Crippen LogP contribution in [0.4, 0.5) is 0 Å². The Morgan fingerprint density at radius 2 is 1.89 bits per heavy atom. The Morgan fingerprint density at radius 1 is 1.37 bits per heavy atom. The summed E-state index contributed by atoms with van der Waals surface area (Å²) < 4.78 is 0. The van der Waals surface area contributed by atoms with Gasteiger partial charge in [-0.2, -0.15) is 0 Å². The monoisotopic (exact) mass is 284 g/mol. The minimum absolute atomic E-state index is 0.0388. The summed E-state index contributed by atoms with van der Waals surface area (Å²) in [6, 6.07) is 0.224. The first kappa shape index (κ1) is 16.4. The van der Waals surface area contributed by atoms with Gasteiger partial charge in [0.05, 0.1) is 10.4 Å². The Balaban J connectivity index is 2.70. The minimum atomic E-state index is -0.642. The summed E-state index contributed by atoms with van der Waals surface area (Å²) in [6.45, 7) is 6.23. The van der Waals surface area contributed by atoms with Crippen LogP contribution in [0.2, 0.25) is 0 Å². The fraction of sp³-hybridized carbons (Fsp3) is 0.867. The van der Waals surface area contributed by atoms with Crippen molar-refractivity contribution in [2.24, 2.45) is 17.1 Å². The summed E-state index contributed by atoms with van der Waals surface area (Å²) in [7, 11) is 0. The topological polar surface area (TPSA) is 55.1 Å². The Kier molecular flexibility index (Phi) is 6.24. The third-order valence-corrected chi connectivity index (χ3v) is 4.41. The first-order valence-corrected chi connectivity index (χ1v) is 7.98. The number of nitrogens with two attached hydrogens (primary N) is 1. The predicted molar refractivity (Wildman–Crippen MR) is 84.0 cm³/mol. The number of carbonyl (C=O) groups is 1. The van der Waals surface area contributed by atoms with E-state index in [0.29, 0.717) is 4.99 Å². The van der Waals surface area contributed by atoms with Crippen LogP contribution in [0, 0.1) is 11.3 Å². The van der Waals surface area contributed by atoms with Crippen LogP contribution in [0.25, 0.3) is 0 Å². The maximum Gasteiger partial charge on any atom is 0.233 e. The zero-order valence-electron chi connectivity index (χ0n) is 12.5. The maximum absolute atomic E-state index is 12.6. The third kappa shape index (κ3) is 4.44. The van der Waals surface area contributed by atoms with Gasteiger partial charge < -0.3 is 11.1 Å². The van der Waals surface area contributed by atoms with E-state index in [1.807, 2.05) is 0 Å². The van der Waals surface area contributed by atoms with Gasteiger partial charge in [-0.1, -0.05) is 51.7 Å². The van der Waals surface area contributed by atoms with Gasteiger partial charge in [-0.15, -0.1) is 0 Å². The van der Waals surface area contributed by atoms with Gasteiger partial charge in [0.25, 0.3) is 0 Å². The second-order valence-corrected chi connectivity index (χ2v) is 6.44. The molecular weight excluding hydrogens is 256 g/mol. The molecule has 1 amide bonds. The molecule has 0 aromatic heterocycles. The molecule has 19 heavy (non-hydrogen) atoms. The van der Waals surface area contributed by atoms with Gasteiger partial charge in [0, 0.05) is 6.04 Å². The summed E-state index contributed by atoms with van der Waals surface area (Å²) in [5, 5.41) is 3.14. The van der Waals surface area contributed by atoms with Crippen molar-refractivity contribution in [2.75, 3.05) is 0 Å². The molecule has 0 aromatic carbocycles. The molecule has 0 saturated heterocycles. The van der Waals surface area contributed by atoms with Crippen LogP contribution in [0.3, 0.4) is 0 Å². The molecule has 4 heteroatoms. The Bertz CT molecular complexity index is 320. The minimum Gasteiger partial charge on any atom is -0.392 e. The fourth-order valence-electron chi connectivity index (χ4n) is 2.84. The average molecular weight is 284 g/mol. The molecule has 1 rings (SSSR count). The summed E-state index contributed by atoms with van der Waals surface area (Å²) in [4.78, 5) is 13.0. The molecule has 0 radical (unpaired) electrons. The largest absolute Gasteiger partial charge is 0.392 e. The van der Waals surface area contributed by atoms with Crippen LogP contribution in [0.1, 0.15) is 65.7 Å². The van der Waals surface area contributed by atoms with Crippen LogP contribution >= 0.6 is 12.2 Å². The highest BCUT2D eigenvalue weighted by Gasteiger charge is 2.40. The van der Waals surface area contributed by atoms with Crippen molar-refractivity contribution in [3.8, 4) is 0 Å². The number of hydrogen-bond acceptors (Lipinski definition) is 2. The highest BCUT2D eigenvalue weighted by Crippen LogP contribution is 2.34. The summed E-state index contributed by atoms with van der Waals surface area (Å²) >= 11 is 5.21. The van der Waals surface area contributed by atoms with Gasteiger partial charge in [-0.25, -0.2) is 0 Å². The van der Waals surface area contributed by atoms with Crippen molar-refractivity contribution >= 4 is 23.1 Å². The van der Waals surface area contributed by atoms with Crippen LogP contribution in [0.15, 0.2) is 0 Å². The predicted octanol–water partition coefficient (Wildman–Crippen LogP) is 3.16. The van der Waals surface area contributed by atoms with E-state index >= 15 is 0 Å². The fourth-order valence-corrected chi connectivity index (χ4v) is 3.14. The van der Waals surface area contributed by atoms with Gasteiger partial charge >= 0.3 is 0 Å². The standard InChI is InChI=1S/C15H28N2OS/c1-4-8-15(9-5-2,13(16)19)14(18)17-11(3)10-12-6-7-12/h11-12H,4-10H2,1-3H3,(H2,16,19)(H,17,18). The van der Waals surface area contributed by atoms with Crippen molar-refractivity contribution < 1.29 is 4.79 Å². The molecular formula is C15H28N2OS. The van der Waals surface area contributed by atoms with Crippen LogP contribution < -0.4 is 11.1 Å². The first-order chi connectivity index (χ1) is 8.96. The van der Waals surface area contributed by atoms with Crippen LogP contribution in [-0.4, -0.2) is 16.9 Å². The Labute approximate surface area is 122 Å². The molecule has 0 heterocycles. The Morgan fingerprint density at radius 3 is 2.26 bits per heavy atom. The highest BCUT2D eigenvalue weighted by molar-refractivity contribution is 7.80. The van der Waals surface area contributed by atoms with Crippen molar-refractivity contribution in [1.82, 2.24) is 5.32 Å². The molecule has 1 fully saturated rings. The lowest BCUT2D eigenvalue weighted by atomic mass is 9.78. The molecule has 1 saturated carbocycles. The molecule has 0 aromatic rings. The van der Waals surface area contributed by atoms with E-state index in [0.717, 1.165) is 38.0 Å². The van der Waals surface area contributed by atoms with E-state index in [2.05, 4.69) is 26.1 Å². The average Bonchev–Trinajstić information content (AvgIpc) is 3.11. The third-order valence-electron chi connectivity index (χ3n) is 4.02. The first-order valence-electron chi connectivity index (χ1n) is 7.57. The van der Waals surface area contributed by atoms with E-state index in [-0.39, 0.29) is 11.9 Å². The van der Waals surface area contributed by atoms with E-state index in [1.54, 1.807) is 0 Å². The number of amides is 1. The van der Waals surface area contributed by atoms with E-state index in [1.165, 1.54) is 12.8 Å². The molecule has 3 N–H and O–H groups in total. The molecule has 1 unspecified atom stereocenters. The normalized spacial score (nSPS) is 17.0. The van der Waals surface area contributed by atoms with Crippen molar-refractivity contribution in [3.05, 3.63) is 0 Å². The molecule has 1 aliphatic carbocycles. The van der Waals surface area contributed by atoms with Gasteiger partial charge in [-0.3, -0.25) is 4.79 Å². The molecule has 0 spiro atoms. The van der Waals surface area contributed by atoms with Crippen molar-refractivity contribution in [3.63, 3.8) is 0 Å². The lowest BCUT2D eigenvalue weighted by Crippen LogP contribution is -2.51. The van der Waals surface area contributed by atoms with Gasteiger partial charge in [-0.05, 0) is 32.1 Å². The lowest BCUT2D eigenvalue weighted by Gasteiger charge is -2.32. The number of carbonyl (C=O) groups excluding carboxylic acids is 1. The van der Waals surface area contributed by atoms with Crippen molar-refractivity contribution in [1.29, 1.82) is 0 Å². The molecule has 3 nitrogen and oxygen atoms in total. The molecule has 1 aliphatic rings. The van der Waals surface area contributed by atoms with Crippen molar-refractivity contribution in [2.45, 2.75) is 71.8 Å². The summed E-state index contributed by atoms with van der Waals surface area (Å²) in [6.07, 6.45) is 7.03. The van der Waals surface area contributed by atoms with Gasteiger partial charge in [0.2, 0.25) is 5.91 Å². The zero-order valence-corrected chi connectivity index (χ0v) is 13.3. The maximum atomic E-state index is 12.6. The van der Waals surface area contributed by atoms with E-state index in [4.69, 9.17) is 18.0 Å². The molecule has 0 aliphatic heterocycles. The molecule has 110 valence electrons. The van der Waals surface area contributed by atoms with E-state index < -0.39 is 5.41 Å². The summed E-state index contributed by atoms with van der Waals surface area (Å²) in [5.74, 6) is 0.851. The molecule has 1 atom stereocenters. The summed E-state index contributed by atoms with van der Waals surface area (Å²) in [5.41, 5.74) is 5.26. The zero-order chi connectivity index (χ0) is 14.5. The van der Waals surface area contributed by atoms with Gasteiger partial charge in [0.15, 0.2) is 0 Å². The number of rotatable bonds is 9. The molecule has 0 bridgehead atoms. The quantitative estimate of drug-likeness (QED) is 0.639.